The number of carbonyl (C=O) groups excluding carboxylic acids is 2. The van der Waals surface area contributed by atoms with Gasteiger partial charge in [-0.25, -0.2) is 18.2 Å². The molecule has 0 bridgehead atoms. The maximum atomic E-state index is 12.9. The Morgan fingerprint density at radius 2 is 2.09 bits per heavy atom. The molecule has 32 heavy (non-hydrogen) atoms. The summed E-state index contributed by atoms with van der Waals surface area (Å²) < 4.78 is 24.1. The summed E-state index contributed by atoms with van der Waals surface area (Å²) in [5.41, 5.74) is 6.66. The number of amides is 2. The third kappa shape index (κ3) is 3.24. The Labute approximate surface area is 186 Å². The van der Waals surface area contributed by atoms with Gasteiger partial charge < -0.3 is 21.1 Å². The second-order valence-corrected chi connectivity index (χ2v) is 11.4. The lowest BCUT2D eigenvalue weighted by Gasteiger charge is -2.37. The number of thiazole rings is 1. The van der Waals surface area contributed by atoms with Gasteiger partial charge in [0.1, 0.15) is 4.75 Å². The van der Waals surface area contributed by atoms with Crippen LogP contribution in [0.5, 0.6) is 0 Å². The first kappa shape index (κ1) is 21.9. The second kappa shape index (κ2) is 7.38. The Morgan fingerprint density at radius 3 is 2.66 bits per heavy atom. The molecule has 0 aromatic carbocycles. The van der Waals surface area contributed by atoms with Crippen molar-refractivity contribution in [3.63, 3.8) is 0 Å². The maximum absolute atomic E-state index is 12.9. The van der Waals surface area contributed by atoms with E-state index in [1.54, 1.807) is 5.38 Å². The number of aromatic nitrogens is 2. The zero-order valence-corrected chi connectivity index (χ0v) is 18.6. The first-order chi connectivity index (χ1) is 14.9. The zero-order valence-electron chi connectivity index (χ0n) is 17.0. The summed E-state index contributed by atoms with van der Waals surface area (Å²) in [4.78, 5) is 45.5. The maximum Gasteiger partial charge on any atom is 0.328 e. The minimum atomic E-state index is -3.97. The van der Waals surface area contributed by atoms with Crippen molar-refractivity contribution in [1.82, 2.24) is 20.2 Å². The lowest BCUT2D eigenvalue weighted by molar-refractivity contribution is -0.152. The molecule has 4 heterocycles. The number of hydrogen-bond acceptors (Lipinski definition) is 9. The molecule has 0 spiro atoms. The molecule has 0 aliphatic carbocycles. The van der Waals surface area contributed by atoms with Gasteiger partial charge in [-0.2, -0.15) is 0 Å². The van der Waals surface area contributed by atoms with Gasteiger partial charge in [0, 0.05) is 11.6 Å². The van der Waals surface area contributed by atoms with E-state index in [0.29, 0.717) is 10.8 Å². The van der Waals surface area contributed by atoms with Crippen LogP contribution in [0.15, 0.2) is 29.3 Å². The van der Waals surface area contributed by atoms with E-state index in [4.69, 9.17) is 5.73 Å². The van der Waals surface area contributed by atoms with Crippen molar-refractivity contribution in [2.45, 2.75) is 36.6 Å². The minimum absolute atomic E-state index is 0.0485. The number of nitrogens with zero attached hydrogens (tertiary/aromatic N) is 3. The third-order valence-corrected chi connectivity index (χ3v) is 9.03. The highest BCUT2D eigenvalue weighted by molar-refractivity contribution is 7.94. The number of rotatable bonds is 5. The highest BCUT2D eigenvalue weighted by atomic mass is 32.2. The van der Waals surface area contributed by atoms with Crippen LogP contribution in [0.1, 0.15) is 35.6 Å². The zero-order chi connectivity index (χ0) is 23.4. The summed E-state index contributed by atoms with van der Waals surface area (Å²) in [6.07, 6.45) is 2.60. The predicted molar refractivity (Wildman–Crippen MR) is 115 cm³/mol. The standard InChI is InChI=1S/C19H19N5O6S2/c1-19(2)13(17(27)28)24-15(26)12(16(24)32(19,29)30)5-10-4-3-9(6-21-10)14(25)22-7-11-8-31-18(20)23-11/h3-6,8,13,16H,7H2,1-2H3,(H2,20,23)(H,22,25)(H,27,28)/b12-5-/t13-,16?/m0/s1. The molecule has 1 unspecified atom stereocenters. The molecule has 2 aliphatic rings. The number of carboxylic acids is 1. The molecule has 2 aromatic rings. The first-order valence-electron chi connectivity index (χ1n) is 9.40. The fourth-order valence-corrected chi connectivity index (χ4v) is 6.49. The summed E-state index contributed by atoms with van der Waals surface area (Å²) in [5.74, 6) is -2.43. The molecular weight excluding hydrogens is 458 g/mol. The minimum Gasteiger partial charge on any atom is -0.480 e. The third-order valence-electron chi connectivity index (χ3n) is 5.55. The fourth-order valence-electron chi connectivity index (χ4n) is 3.80. The number of β-lactam (4-membered cyclic amide) rings is 1. The Morgan fingerprint density at radius 1 is 1.38 bits per heavy atom. The van der Waals surface area contributed by atoms with Crippen molar-refractivity contribution in [2.75, 3.05) is 5.73 Å². The van der Waals surface area contributed by atoms with Gasteiger partial charge >= 0.3 is 5.97 Å². The van der Waals surface area contributed by atoms with Gasteiger partial charge in [0.15, 0.2) is 26.4 Å². The van der Waals surface area contributed by atoms with Gasteiger partial charge in [-0.3, -0.25) is 14.6 Å². The van der Waals surface area contributed by atoms with Crippen molar-refractivity contribution in [3.05, 3.63) is 46.2 Å². The van der Waals surface area contributed by atoms with Crippen LogP contribution in [0.2, 0.25) is 0 Å². The fraction of sp³-hybridized carbons (Fsp3) is 0.316. The largest absolute Gasteiger partial charge is 0.480 e. The summed E-state index contributed by atoms with van der Waals surface area (Å²) in [6.45, 7) is 2.80. The van der Waals surface area contributed by atoms with Crippen LogP contribution in [-0.4, -0.2) is 62.3 Å². The van der Waals surface area contributed by atoms with Gasteiger partial charge in [-0.15, -0.1) is 11.3 Å². The lowest BCUT2D eigenvalue weighted by atomic mass is 9.95. The Kier molecular flexibility index (Phi) is 5.05. The topological polar surface area (TPSA) is 173 Å². The molecule has 2 aliphatic heterocycles. The predicted octanol–water partition coefficient (Wildman–Crippen LogP) is 0.262. The lowest BCUT2D eigenvalue weighted by Crippen LogP contribution is -2.58. The smallest absolute Gasteiger partial charge is 0.328 e. The summed E-state index contributed by atoms with van der Waals surface area (Å²) >= 11 is 1.27. The number of anilines is 1. The molecule has 2 amide bonds. The summed E-state index contributed by atoms with van der Waals surface area (Å²) in [5, 5.41) is 12.9. The van der Waals surface area contributed by atoms with E-state index >= 15 is 0 Å². The van der Waals surface area contributed by atoms with E-state index in [0.717, 1.165) is 4.90 Å². The highest BCUT2D eigenvalue weighted by Gasteiger charge is 2.70. The van der Waals surface area contributed by atoms with Crippen LogP contribution in [-0.2, 0) is 26.0 Å². The van der Waals surface area contributed by atoms with Crippen LogP contribution < -0.4 is 11.1 Å². The van der Waals surface area contributed by atoms with Crippen molar-refractivity contribution in [3.8, 4) is 0 Å². The first-order valence-corrected chi connectivity index (χ1v) is 11.8. The van der Waals surface area contributed by atoms with Gasteiger partial charge in [0.05, 0.1) is 29.1 Å². The van der Waals surface area contributed by atoms with Gasteiger partial charge in [-0.05, 0) is 32.1 Å². The van der Waals surface area contributed by atoms with Crippen LogP contribution in [0, 0.1) is 0 Å². The van der Waals surface area contributed by atoms with E-state index in [1.165, 1.54) is 49.6 Å². The number of hydrogen-bond donors (Lipinski definition) is 3. The van der Waals surface area contributed by atoms with Gasteiger partial charge in [-0.1, -0.05) is 0 Å². The highest BCUT2D eigenvalue weighted by Crippen LogP contribution is 2.48. The van der Waals surface area contributed by atoms with Crippen molar-refractivity contribution in [1.29, 1.82) is 0 Å². The second-order valence-electron chi connectivity index (χ2n) is 7.89. The van der Waals surface area contributed by atoms with E-state index in [2.05, 4.69) is 15.3 Å². The monoisotopic (exact) mass is 477 g/mol. The molecule has 2 saturated heterocycles. The number of pyridine rings is 1. The Hall–Kier alpha value is -3.32. The number of carbonyl (C=O) groups is 3. The Balaban J connectivity index is 1.52. The van der Waals surface area contributed by atoms with Gasteiger partial charge in [0.25, 0.3) is 11.8 Å². The van der Waals surface area contributed by atoms with Crippen molar-refractivity contribution in [2.24, 2.45) is 0 Å². The van der Waals surface area contributed by atoms with Crippen molar-refractivity contribution >= 4 is 50.2 Å². The molecule has 4 N–H and O–H groups in total. The normalized spacial score (nSPS) is 24.1. The summed E-state index contributed by atoms with van der Waals surface area (Å²) in [7, 11) is -3.97. The average Bonchev–Trinajstić information content (AvgIpc) is 3.20. The quantitative estimate of drug-likeness (QED) is 0.403. The molecule has 2 fully saturated rings. The molecule has 4 rings (SSSR count). The molecule has 11 nitrogen and oxygen atoms in total. The van der Waals surface area contributed by atoms with Crippen LogP contribution >= 0.6 is 11.3 Å². The molecule has 0 radical (unpaired) electrons. The van der Waals surface area contributed by atoms with Crippen LogP contribution in [0.4, 0.5) is 5.13 Å². The average molecular weight is 478 g/mol. The molecule has 168 valence electrons. The van der Waals surface area contributed by atoms with Gasteiger partial charge in [0.2, 0.25) is 0 Å². The Bertz CT molecular complexity index is 1270. The van der Waals surface area contributed by atoms with Crippen LogP contribution in [0.25, 0.3) is 6.08 Å². The van der Waals surface area contributed by atoms with E-state index < -0.39 is 43.8 Å². The summed E-state index contributed by atoms with van der Waals surface area (Å²) in [6, 6.07) is 1.49. The number of nitrogen functional groups attached to an aromatic ring is 1. The molecule has 13 heteroatoms. The van der Waals surface area contributed by atoms with Crippen LogP contribution in [0.3, 0.4) is 0 Å². The number of fused-ring (bicyclic) bond motifs is 1. The SMILES string of the molecule is CC1(C)[C@H](C(=O)O)N2C(=O)/C(=C/c3ccc(C(=O)NCc4csc(N)n4)cn3)C2S1(=O)=O. The molecule has 0 saturated carbocycles. The number of carboxylic acid groups (broad SMARTS) is 1. The molecular formula is C19H19N5O6S2. The van der Waals surface area contributed by atoms with Crippen molar-refractivity contribution < 1.29 is 27.9 Å². The van der Waals surface area contributed by atoms with E-state index in [9.17, 15) is 27.9 Å². The number of sulfone groups is 1. The number of nitrogens with one attached hydrogen (secondary N) is 1. The number of nitrogens with two attached hydrogens (primary N) is 1. The number of aliphatic carboxylic acids is 1. The van der Waals surface area contributed by atoms with E-state index in [-0.39, 0.29) is 23.4 Å². The van der Waals surface area contributed by atoms with E-state index in [1.807, 2.05) is 0 Å². The molecule has 2 atom stereocenters. The molecule has 2 aromatic heterocycles.